The van der Waals surface area contributed by atoms with Gasteiger partial charge in [0.25, 0.3) is 5.91 Å². The van der Waals surface area contributed by atoms with Crippen molar-refractivity contribution in [3.8, 4) is 0 Å². The van der Waals surface area contributed by atoms with E-state index in [2.05, 4.69) is 10.6 Å². The van der Waals surface area contributed by atoms with E-state index in [4.69, 9.17) is 0 Å². The molecule has 2 N–H and O–H groups in total. The van der Waals surface area contributed by atoms with Crippen LogP contribution in [0.15, 0.2) is 78.9 Å². The van der Waals surface area contributed by atoms with Crippen LogP contribution in [0.5, 0.6) is 0 Å². The highest BCUT2D eigenvalue weighted by atomic mass is 19.1. The van der Waals surface area contributed by atoms with Crippen LogP contribution in [0.3, 0.4) is 0 Å². The van der Waals surface area contributed by atoms with Crippen LogP contribution in [-0.4, -0.2) is 19.0 Å². The fourth-order valence-electron chi connectivity index (χ4n) is 2.65. The Morgan fingerprint density at radius 3 is 2.36 bits per heavy atom. The molecule has 142 valence electrons. The fraction of sp³-hybridized carbons (Fsp3) is 0.0909. The van der Waals surface area contributed by atoms with Gasteiger partial charge in [0, 0.05) is 30.5 Å². The molecule has 0 bridgehead atoms. The first kappa shape index (κ1) is 19.1. The molecule has 0 aliphatic heterocycles. The molecular formula is C22H20FN3O2. The van der Waals surface area contributed by atoms with E-state index in [9.17, 15) is 14.0 Å². The van der Waals surface area contributed by atoms with Crippen molar-refractivity contribution in [1.82, 2.24) is 5.32 Å². The topological polar surface area (TPSA) is 61.4 Å². The molecule has 28 heavy (non-hydrogen) atoms. The Morgan fingerprint density at radius 2 is 1.64 bits per heavy atom. The average molecular weight is 377 g/mol. The number of carbonyl (C=O) groups is 2. The maximum atomic E-state index is 12.9. The van der Waals surface area contributed by atoms with Crippen molar-refractivity contribution in [2.24, 2.45) is 0 Å². The maximum absolute atomic E-state index is 12.9. The van der Waals surface area contributed by atoms with Gasteiger partial charge in [-0.25, -0.2) is 9.18 Å². The second-order valence-electron chi connectivity index (χ2n) is 6.21. The van der Waals surface area contributed by atoms with Crippen molar-refractivity contribution in [3.05, 3.63) is 95.8 Å². The second kappa shape index (κ2) is 8.81. The van der Waals surface area contributed by atoms with Crippen LogP contribution in [0.25, 0.3) is 0 Å². The summed E-state index contributed by atoms with van der Waals surface area (Å²) >= 11 is 0. The van der Waals surface area contributed by atoms with Gasteiger partial charge in [0.05, 0.1) is 0 Å². The molecular weight excluding hydrogens is 357 g/mol. The average Bonchev–Trinajstić information content (AvgIpc) is 2.73. The molecule has 0 saturated carbocycles. The molecule has 3 aromatic carbocycles. The molecule has 0 heterocycles. The van der Waals surface area contributed by atoms with E-state index in [-0.39, 0.29) is 18.3 Å². The number of benzene rings is 3. The van der Waals surface area contributed by atoms with Gasteiger partial charge in [-0.05, 0) is 48.0 Å². The first-order valence-corrected chi connectivity index (χ1v) is 8.75. The van der Waals surface area contributed by atoms with Gasteiger partial charge in [-0.1, -0.05) is 36.4 Å². The van der Waals surface area contributed by atoms with Crippen molar-refractivity contribution in [2.45, 2.75) is 6.54 Å². The van der Waals surface area contributed by atoms with Gasteiger partial charge in [0.15, 0.2) is 0 Å². The van der Waals surface area contributed by atoms with Gasteiger partial charge < -0.3 is 15.5 Å². The number of nitrogens with zero attached hydrogens (tertiary/aromatic N) is 1. The molecule has 0 radical (unpaired) electrons. The molecule has 3 aromatic rings. The normalized spacial score (nSPS) is 10.2. The third-order valence-electron chi connectivity index (χ3n) is 4.18. The predicted molar refractivity (Wildman–Crippen MR) is 108 cm³/mol. The SMILES string of the molecule is CN(C(=O)c1cccc(NC(=O)NCc2ccc(F)cc2)c1)c1ccccc1. The minimum Gasteiger partial charge on any atom is -0.334 e. The Bertz CT molecular complexity index is 959. The Balaban J connectivity index is 1.61. The van der Waals surface area contributed by atoms with E-state index >= 15 is 0 Å². The Hall–Kier alpha value is -3.67. The molecule has 3 amide bonds. The van der Waals surface area contributed by atoms with Gasteiger partial charge in [-0.3, -0.25) is 4.79 Å². The molecule has 6 heteroatoms. The van der Waals surface area contributed by atoms with Gasteiger partial charge in [-0.15, -0.1) is 0 Å². The van der Waals surface area contributed by atoms with Crippen molar-refractivity contribution >= 4 is 23.3 Å². The maximum Gasteiger partial charge on any atom is 0.319 e. The van der Waals surface area contributed by atoms with E-state index < -0.39 is 6.03 Å². The molecule has 0 saturated heterocycles. The molecule has 0 aliphatic rings. The minimum absolute atomic E-state index is 0.179. The Morgan fingerprint density at radius 1 is 0.929 bits per heavy atom. The first-order valence-electron chi connectivity index (χ1n) is 8.75. The number of anilines is 2. The number of carbonyl (C=O) groups excluding carboxylic acids is 2. The minimum atomic E-state index is -0.412. The van der Waals surface area contributed by atoms with Crippen LogP contribution in [0, 0.1) is 5.82 Å². The highest BCUT2D eigenvalue weighted by Crippen LogP contribution is 2.17. The van der Waals surface area contributed by atoms with Crippen LogP contribution in [0.2, 0.25) is 0 Å². The monoisotopic (exact) mass is 377 g/mol. The van der Waals surface area contributed by atoms with Crippen LogP contribution in [-0.2, 0) is 6.54 Å². The quantitative estimate of drug-likeness (QED) is 0.691. The second-order valence-corrected chi connectivity index (χ2v) is 6.21. The molecule has 0 fully saturated rings. The van der Waals surface area contributed by atoms with Crippen LogP contribution in [0.4, 0.5) is 20.6 Å². The summed E-state index contributed by atoms with van der Waals surface area (Å²) in [5, 5.41) is 5.40. The standard InChI is InChI=1S/C22H20FN3O2/c1-26(20-8-3-2-4-9-20)21(27)17-6-5-7-19(14-17)25-22(28)24-15-16-10-12-18(23)13-11-16/h2-14H,15H2,1H3,(H2,24,25,28). The van der Waals surface area contributed by atoms with E-state index in [0.29, 0.717) is 11.3 Å². The summed E-state index contributed by atoms with van der Waals surface area (Å²) in [5.74, 6) is -0.503. The third kappa shape index (κ3) is 4.94. The molecule has 0 atom stereocenters. The van der Waals surface area contributed by atoms with E-state index in [1.54, 1.807) is 48.3 Å². The summed E-state index contributed by atoms with van der Waals surface area (Å²) in [4.78, 5) is 26.3. The lowest BCUT2D eigenvalue weighted by Gasteiger charge is -2.17. The lowest BCUT2D eigenvalue weighted by molar-refractivity contribution is 0.0993. The van der Waals surface area contributed by atoms with Crippen LogP contribution < -0.4 is 15.5 Å². The molecule has 5 nitrogen and oxygen atoms in total. The van der Waals surface area contributed by atoms with Crippen molar-refractivity contribution < 1.29 is 14.0 Å². The number of hydrogen-bond acceptors (Lipinski definition) is 2. The lowest BCUT2D eigenvalue weighted by Crippen LogP contribution is -2.29. The number of nitrogens with one attached hydrogen (secondary N) is 2. The van der Waals surface area contributed by atoms with Gasteiger partial charge >= 0.3 is 6.03 Å². The Labute approximate surface area is 162 Å². The first-order chi connectivity index (χ1) is 13.5. The van der Waals surface area contributed by atoms with Crippen molar-refractivity contribution in [3.63, 3.8) is 0 Å². The van der Waals surface area contributed by atoms with E-state index in [0.717, 1.165) is 11.3 Å². The summed E-state index contributed by atoms with van der Waals surface area (Å²) in [6, 6.07) is 21.5. The number of hydrogen-bond donors (Lipinski definition) is 2. The van der Waals surface area contributed by atoms with Crippen LogP contribution in [0.1, 0.15) is 15.9 Å². The smallest absolute Gasteiger partial charge is 0.319 e. The number of amides is 3. The summed E-state index contributed by atoms with van der Waals surface area (Å²) in [6.07, 6.45) is 0. The number of rotatable bonds is 5. The zero-order valence-corrected chi connectivity index (χ0v) is 15.4. The fourth-order valence-corrected chi connectivity index (χ4v) is 2.65. The number of para-hydroxylation sites is 1. The number of urea groups is 1. The summed E-state index contributed by atoms with van der Waals surface area (Å²) in [7, 11) is 1.70. The van der Waals surface area contributed by atoms with Gasteiger partial charge in [-0.2, -0.15) is 0 Å². The molecule has 0 spiro atoms. The zero-order valence-electron chi connectivity index (χ0n) is 15.4. The van der Waals surface area contributed by atoms with Crippen LogP contribution >= 0.6 is 0 Å². The highest BCUT2D eigenvalue weighted by molar-refractivity contribution is 6.06. The van der Waals surface area contributed by atoms with E-state index in [1.165, 1.54) is 12.1 Å². The predicted octanol–water partition coefficient (Wildman–Crippen LogP) is 4.42. The van der Waals surface area contributed by atoms with Gasteiger partial charge in [0.1, 0.15) is 5.82 Å². The highest BCUT2D eigenvalue weighted by Gasteiger charge is 2.14. The molecule has 0 aromatic heterocycles. The van der Waals surface area contributed by atoms with Crippen molar-refractivity contribution in [1.29, 1.82) is 0 Å². The third-order valence-corrected chi connectivity index (χ3v) is 4.18. The van der Waals surface area contributed by atoms with Crippen molar-refractivity contribution in [2.75, 3.05) is 17.3 Å². The summed E-state index contributed by atoms with van der Waals surface area (Å²) in [5.41, 5.74) is 2.53. The summed E-state index contributed by atoms with van der Waals surface area (Å²) in [6.45, 7) is 0.265. The summed E-state index contributed by atoms with van der Waals surface area (Å²) < 4.78 is 12.9. The van der Waals surface area contributed by atoms with Gasteiger partial charge in [0.2, 0.25) is 0 Å². The molecule has 0 aliphatic carbocycles. The zero-order chi connectivity index (χ0) is 19.9. The Kier molecular flexibility index (Phi) is 6.01. The van der Waals surface area contributed by atoms with E-state index in [1.807, 2.05) is 30.3 Å². The lowest BCUT2D eigenvalue weighted by atomic mass is 10.1. The number of halogens is 1. The molecule has 3 rings (SSSR count). The largest absolute Gasteiger partial charge is 0.334 e. The molecule has 0 unspecified atom stereocenters.